The normalized spacial score (nSPS) is 22.6. The summed E-state index contributed by atoms with van der Waals surface area (Å²) < 4.78 is 16.4. The SMILES string of the molecule is COc1ccc(C(C)NC2CCOC(C)(C)C2)cc1OC. The molecule has 0 bridgehead atoms. The molecule has 0 aromatic heterocycles. The van der Waals surface area contributed by atoms with Gasteiger partial charge in [0.25, 0.3) is 0 Å². The summed E-state index contributed by atoms with van der Waals surface area (Å²) in [6.07, 6.45) is 2.09. The van der Waals surface area contributed by atoms with E-state index in [0.717, 1.165) is 30.9 Å². The Bertz CT molecular complexity index is 473. The summed E-state index contributed by atoms with van der Waals surface area (Å²) in [6, 6.07) is 6.84. The number of rotatable bonds is 5. The van der Waals surface area contributed by atoms with Crippen molar-refractivity contribution >= 4 is 0 Å². The number of hydrogen-bond acceptors (Lipinski definition) is 4. The molecule has 1 heterocycles. The van der Waals surface area contributed by atoms with E-state index in [-0.39, 0.29) is 11.6 Å². The molecule has 0 radical (unpaired) electrons. The molecule has 1 aromatic rings. The van der Waals surface area contributed by atoms with E-state index in [1.54, 1.807) is 14.2 Å². The smallest absolute Gasteiger partial charge is 0.161 e. The van der Waals surface area contributed by atoms with Crippen LogP contribution >= 0.6 is 0 Å². The summed E-state index contributed by atoms with van der Waals surface area (Å²) in [5.41, 5.74) is 1.17. The summed E-state index contributed by atoms with van der Waals surface area (Å²) >= 11 is 0. The van der Waals surface area contributed by atoms with E-state index in [0.29, 0.717) is 6.04 Å². The van der Waals surface area contributed by atoms with Crippen molar-refractivity contribution in [1.29, 1.82) is 0 Å². The van der Waals surface area contributed by atoms with Gasteiger partial charge in [0.15, 0.2) is 11.5 Å². The molecule has 21 heavy (non-hydrogen) atoms. The van der Waals surface area contributed by atoms with Gasteiger partial charge in [-0.05, 0) is 51.3 Å². The van der Waals surface area contributed by atoms with Crippen molar-refractivity contribution in [2.45, 2.75) is 51.3 Å². The first-order valence-electron chi connectivity index (χ1n) is 7.57. The van der Waals surface area contributed by atoms with E-state index < -0.39 is 0 Å². The third kappa shape index (κ3) is 4.11. The Kier molecular flexibility index (Phi) is 5.12. The van der Waals surface area contributed by atoms with Crippen LogP contribution in [0.3, 0.4) is 0 Å². The molecule has 0 spiro atoms. The van der Waals surface area contributed by atoms with Crippen LogP contribution in [0.4, 0.5) is 0 Å². The van der Waals surface area contributed by atoms with Gasteiger partial charge in [-0.3, -0.25) is 0 Å². The fourth-order valence-electron chi connectivity index (χ4n) is 2.95. The van der Waals surface area contributed by atoms with E-state index in [1.807, 2.05) is 12.1 Å². The topological polar surface area (TPSA) is 39.7 Å². The first-order valence-corrected chi connectivity index (χ1v) is 7.57. The predicted octanol–water partition coefficient (Wildman–Crippen LogP) is 3.31. The summed E-state index contributed by atoms with van der Waals surface area (Å²) in [5, 5.41) is 3.70. The molecule has 1 aliphatic rings. The van der Waals surface area contributed by atoms with Crippen molar-refractivity contribution in [3.05, 3.63) is 23.8 Å². The molecule has 2 rings (SSSR count). The van der Waals surface area contributed by atoms with Gasteiger partial charge in [-0.15, -0.1) is 0 Å². The average Bonchev–Trinajstić information content (AvgIpc) is 2.45. The second-order valence-electron chi connectivity index (χ2n) is 6.30. The maximum absolute atomic E-state index is 5.77. The van der Waals surface area contributed by atoms with Gasteiger partial charge in [0, 0.05) is 18.7 Å². The second-order valence-corrected chi connectivity index (χ2v) is 6.30. The molecule has 1 aromatic carbocycles. The third-order valence-electron chi connectivity index (χ3n) is 4.09. The zero-order valence-corrected chi connectivity index (χ0v) is 13.7. The molecular weight excluding hydrogens is 266 g/mol. The minimum absolute atomic E-state index is 0.0345. The molecule has 1 aliphatic heterocycles. The number of ether oxygens (including phenoxy) is 3. The molecule has 0 saturated carbocycles. The second kappa shape index (κ2) is 6.67. The molecule has 1 N–H and O–H groups in total. The Balaban J connectivity index is 2.04. The van der Waals surface area contributed by atoms with Crippen LogP contribution in [-0.2, 0) is 4.74 Å². The summed E-state index contributed by atoms with van der Waals surface area (Å²) in [5.74, 6) is 1.54. The lowest BCUT2D eigenvalue weighted by Crippen LogP contribution is -2.44. The van der Waals surface area contributed by atoms with Gasteiger partial charge < -0.3 is 19.5 Å². The minimum Gasteiger partial charge on any atom is -0.493 e. The molecule has 1 saturated heterocycles. The van der Waals surface area contributed by atoms with E-state index in [2.05, 4.69) is 32.2 Å². The highest BCUT2D eigenvalue weighted by atomic mass is 16.5. The van der Waals surface area contributed by atoms with Gasteiger partial charge in [0.2, 0.25) is 0 Å². The molecule has 118 valence electrons. The van der Waals surface area contributed by atoms with Crippen molar-refractivity contribution in [2.75, 3.05) is 20.8 Å². The van der Waals surface area contributed by atoms with Crippen molar-refractivity contribution in [3.63, 3.8) is 0 Å². The molecule has 1 fully saturated rings. The summed E-state index contributed by atoms with van der Waals surface area (Å²) in [4.78, 5) is 0. The quantitative estimate of drug-likeness (QED) is 0.904. The highest BCUT2D eigenvalue weighted by Gasteiger charge is 2.29. The minimum atomic E-state index is -0.0345. The summed E-state index contributed by atoms with van der Waals surface area (Å²) in [7, 11) is 3.32. The fourth-order valence-corrected chi connectivity index (χ4v) is 2.95. The predicted molar refractivity (Wildman–Crippen MR) is 84.1 cm³/mol. The molecule has 0 amide bonds. The molecule has 4 nitrogen and oxygen atoms in total. The van der Waals surface area contributed by atoms with Crippen LogP contribution in [0, 0.1) is 0 Å². The third-order valence-corrected chi connectivity index (χ3v) is 4.09. The molecular formula is C17H27NO3. The van der Waals surface area contributed by atoms with E-state index in [1.165, 1.54) is 5.56 Å². The van der Waals surface area contributed by atoms with Gasteiger partial charge in [-0.25, -0.2) is 0 Å². The van der Waals surface area contributed by atoms with E-state index in [9.17, 15) is 0 Å². The Hall–Kier alpha value is -1.26. The van der Waals surface area contributed by atoms with Gasteiger partial charge in [-0.1, -0.05) is 6.07 Å². The lowest BCUT2D eigenvalue weighted by atomic mass is 9.93. The number of nitrogens with one attached hydrogen (secondary N) is 1. The van der Waals surface area contributed by atoms with Gasteiger partial charge in [0.1, 0.15) is 0 Å². The number of hydrogen-bond donors (Lipinski definition) is 1. The average molecular weight is 293 g/mol. The number of methoxy groups -OCH3 is 2. The highest BCUT2D eigenvalue weighted by molar-refractivity contribution is 5.43. The lowest BCUT2D eigenvalue weighted by molar-refractivity contribution is -0.0640. The van der Waals surface area contributed by atoms with Crippen molar-refractivity contribution in [1.82, 2.24) is 5.32 Å². The van der Waals surface area contributed by atoms with Gasteiger partial charge >= 0.3 is 0 Å². The van der Waals surface area contributed by atoms with Crippen LogP contribution in [-0.4, -0.2) is 32.5 Å². The van der Waals surface area contributed by atoms with Crippen LogP contribution in [0.2, 0.25) is 0 Å². The van der Waals surface area contributed by atoms with E-state index in [4.69, 9.17) is 14.2 Å². The Morgan fingerprint density at radius 3 is 2.57 bits per heavy atom. The maximum Gasteiger partial charge on any atom is 0.161 e. The van der Waals surface area contributed by atoms with Crippen LogP contribution in [0.15, 0.2) is 18.2 Å². The zero-order chi connectivity index (χ0) is 15.5. The zero-order valence-electron chi connectivity index (χ0n) is 13.7. The highest BCUT2D eigenvalue weighted by Crippen LogP contribution is 2.31. The van der Waals surface area contributed by atoms with Crippen LogP contribution < -0.4 is 14.8 Å². The van der Waals surface area contributed by atoms with Crippen LogP contribution in [0.5, 0.6) is 11.5 Å². The van der Waals surface area contributed by atoms with Crippen molar-refractivity contribution in [3.8, 4) is 11.5 Å². The summed E-state index contributed by atoms with van der Waals surface area (Å²) in [6.45, 7) is 7.32. The molecule has 0 aliphatic carbocycles. The lowest BCUT2D eigenvalue weighted by Gasteiger charge is -2.37. The largest absolute Gasteiger partial charge is 0.493 e. The number of benzene rings is 1. The van der Waals surface area contributed by atoms with Crippen molar-refractivity contribution < 1.29 is 14.2 Å². The monoisotopic (exact) mass is 293 g/mol. The van der Waals surface area contributed by atoms with Crippen LogP contribution in [0.1, 0.15) is 45.2 Å². The maximum atomic E-state index is 5.77. The standard InChI is InChI=1S/C17H27NO3/c1-12(18-14-8-9-21-17(2,3)11-14)13-6-7-15(19-4)16(10-13)20-5/h6-7,10,12,14,18H,8-9,11H2,1-5H3. The first kappa shape index (κ1) is 16.1. The van der Waals surface area contributed by atoms with Gasteiger partial charge in [0.05, 0.1) is 19.8 Å². The van der Waals surface area contributed by atoms with Gasteiger partial charge in [-0.2, -0.15) is 0 Å². The Morgan fingerprint density at radius 2 is 1.95 bits per heavy atom. The Morgan fingerprint density at radius 1 is 1.24 bits per heavy atom. The molecule has 4 heteroatoms. The van der Waals surface area contributed by atoms with Crippen molar-refractivity contribution in [2.24, 2.45) is 0 Å². The van der Waals surface area contributed by atoms with Crippen LogP contribution in [0.25, 0.3) is 0 Å². The van der Waals surface area contributed by atoms with E-state index >= 15 is 0 Å². The Labute approximate surface area is 127 Å². The molecule has 2 unspecified atom stereocenters. The fraction of sp³-hybridized carbons (Fsp3) is 0.647. The molecule has 2 atom stereocenters. The first-order chi connectivity index (χ1) is 9.95.